The molecule has 0 radical (unpaired) electrons. The van der Waals surface area contributed by atoms with Gasteiger partial charge >= 0.3 is 0 Å². The molecule has 0 fully saturated rings. The zero-order valence-corrected chi connectivity index (χ0v) is 15.2. The molecule has 0 saturated carbocycles. The molecule has 1 aromatic heterocycles. The highest BCUT2D eigenvalue weighted by Crippen LogP contribution is 2.22. The number of benzene rings is 1. The summed E-state index contributed by atoms with van der Waals surface area (Å²) in [7, 11) is 0. The van der Waals surface area contributed by atoms with Gasteiger partial charge in [0, 0.05) is 18.0 Å². The van der Waals surface area contributed by atoms with Crippen molar-refractivity contribution in [3.05, 3.63) is 40.7 Å². The fourth-order valence-corrected chi connectivity index (χ4v) is 3.73. The van der Waals surface area contributed by atoms with Gasteiger partial charge in [-0.2, -0.15) is 0 Å². The molecule has 24 heavy (non-hydrogen) atoms. The number of amides is 1. The molecule has 1 aliphatic heterocycles. The Morgan fingerprint density at radius 2 is 2.08 bits per heavy atom. The lowest BCUT2D eigenvalue weighted by Crippen LogP contribution is -2.28. The molecule has 1 N–H and O–H groups in total. The van der Waals surface area contributed by atoms with Gasteiger partial charge in [-0.25, -0.2) is 0 Å². The lowest BCUT2D eigenvalue weighted by molar-refractivity contribution is -0.119. The topological polar surface area (TPSA) is 59.8 Å². The van der Waals surface area contributed by atoms with Crippen molar-refractivity contribution in [1.29, 1.82) is 0 Å². The van der Waals surface area contributed by atoms with E-state index >= 15 is 0 Å². The molecule has 2 heterocycles. The number of fused-ring (bicyclic) bond motifs is 1. The van der Waals surface area contributed by atoms with Crippen LogP contribution in [0.1, 0.15) is 43.6 Å². The summed E-state index contributed by atoms with van der Waals surface area (Å²) in [6.45, 7) is 2.92. The van der Waals surface area contributed by atoms with Gasteiger partial charge in [-0.15, -0.1) is 10.2 Å². The van der Waals surface area contributed by atoms with Crippen molar-refractivity contribution in [3.8, 4) is 0 Å². The van der Waals surface area contributed by atoms with Crippen LogP contribution in [-0.2, 0) is 17.8 Å². The highest BCUT2D eigenvalue weighted by molar-refractivity contribution is 7.99. The zero-order chi connectivity index (χ0) is 16.9. The largest absolute Gasteiger partial charge is 0.349 e. The van der Waals surface area contributed by atoms with Crippen LogP contribution in [-0.4, -0.2) is 26.4 Å². The summed E-state index contributed by atoms with van der Waals surface area (Å²) in [4.78, 5) is 12.2. The smallest absolute Gasteiger partial charge is 0.230 e. The molecule has 3 rings (SSSR count). The molecule has 0 bridgehead atoms. The van der Waals surface area contributed by atoms with Crippen molar-refractivity contribution in [2.24, 2.45) is 0 Å². The predicted molar refractivity (Wildman–Crippen MR) is 96.3 cm³/mol. The van der Waals surface area contributed by atoms with Crippen molar-refractivity contribution in [2.45, 2.75) is 50.4 Å². The SMILES string of the molecule is C[C@@H](NC(=O)CSc1nnc2n1CCCCC2)c1ccc(Cl)cc1. The number of nitrogens with one attached hydrogen (secondary N) is 1. The Kier molecular flexibility index (Phi) is 5.79. The number of carbonyl (C=O) groups excluding carboxylic acids is 1. The average Bonchev–Trinajstić information content (AvgIpc) is 2.80. The summed E-state index contributed by atoms with van der Waals surface area (Å²) in [5.74, 6) is 1.38. The van der Waals surface area contributed by atoms with Gasteiger partial charge in [0.05, 0.1) is 11.8 Å². The predicted octanol–water partition coefficient (Wildman–Crippen LogP) is 3.63. The summed E-state index contributed by atoms with van der Waals surface area (Å²) < 4.78 is 2.16. The van der Waals surface area contributed by atoms with Crippen molar-refractivity contribution in [2.75, 3.05) is 5.75 Å². The second-order valence-corrected chi connectivity index (χ2v) is 7.37. The second kappa shape index (κ2) is 8.03. The zero-order valence-electron chi connectivity index (χ0n) is 13.7. The molecule has 0 aliphatic carbocycles. The van der Waals surface area contributed by atoms with E-state index in [1.165, 1.54) is 24.6 Å². The minimum atomic E-state index is -0.0501. The molecule has 2 aromatic rings. The number of hydrogen-bond acceptors (Lipinski definition) is 4. The van der Waals surface area contributed by atoms with Gasteiger partial charge < -0.3 is 9.88 Å². The molecule has 1 amide bonds. The Bertz CT molecular complexity index is 701. The quantitative estimate of drug-likeness (QED) is 0.823. The third-order valence-electron chi connectivity index (χ3n) is 4.16. The summed E-state index contributed by atoms with van der Waals surface area (Å²) in [5, 5.41) is 13.1. The molecule has 1 atom stereocenters. The Hall–Kier alpha value is -1.53. The standard InChI is InChI=1S/C17H21ClN4OS/c1-12(13-6-8-14(18)9-7-13)19-16(23)11-24-17-21-20-15-5-3-2-4-10-22(15)17/h6-9,12H,2-5,10-11H2,1H3,(H,19,23)/t12-/m1/s1. The van der Waals surface area contributed by atoms with Gasteiger partial charge in [0.25, 0.3) is 0 Å². The first-order chi connectivity index (χ1) is 11.6. The normalized spacial score (nSPS) is 15.4. The monoisotopic (exact) mass is 364 g/mol. The number of rotatable bonds is 5. The van der Waals surface area contributed by atoms with Crippen LogP contribution in [0.4, 0.5) is 0 Å². The van der Waals surface area contributed by atoms with Crippen LogP contribution in [0.2, 0.25) is 5.02 Å². The molecular weight excluding hydrogens is 344 g/mol. The van der Waals surface area contributed by atoms with E-state index in [1.807, 2.05) is 31.2 Å². The molecule has 1 aliphatic rings. The fourth-order valence-electron chi connectivity index (χ4n) is 2.81. The number of carbonyl (C=O) groups is 1. The van der Waals surface area contributed by atoms with Gasteiger partial charge in [0.15, 0.2) is 5.16 Å². The first kappa shape index (κ1) is 17.3. The molecule has 0 unspecified atom stereocenters. The first-order valence-corrected chi connectivity index (χ1v) is 9.59. The third-order valence-corrected chi connectivity index (χ3v) is 5.37. The number of thioether (sulfide) groups is 1. The van der Waals surface area contributed by atoms with Gasteiger partial charge in [0.1, 0.15) is 5.82 Å². The summed E-state index contributed by atoms with van der Waals surface area (Å²) in [6.07, 6.45) is 4.53. The number of aryl methyl sites for hydroxylation is 1. The highest BCUT2D eigenvalue weighted by Gasteiger charge is 2.17. The van der Waals surface area contributed by atoms with E-state index in [0.717, 1.165) is 35.9 Å². The molecule has 0 spiro atoms. The molecule has 0 saturated heterocycles. The Morgan fingerprint density at radius 1 is 1.29 bits per heavy atom. The van der Waals surface area contributed by atoms with Crippen LogP contribution in [0, 0.1) is 0 Å². The molecular formula is C17H21ClN4OS. The Labute approximate surface area is 151 Å². The number of halogens is 1. The van der Waals surface area contributed by atoms with Crippen LogP contribution < -0.4 is 5.32 Å². The third kappa shape index (κ3) is 4.30. The summed E-state index contributed by atoms with van der Waals surface area (Å²) in [5.41, 5.74) is 1.04. The van der Waals surface area contributed by atoms with E-state index in [4.69, 9.17) is 11.6 Å². The van der Waals surface area contributed by atoms with Crippen LogP contribution in [0.5, 0.6) is 0 Å². The van der Waals surface area contributed by atoms with E-state index < -0.39 is 0 Å². The van der Waals surface area contributed by atoms with Gasteiger partial charge in [0.2, 0.25) is 5.91 Å². The van der Waals surface area contributed by atoms with Crippen molar-refractivity contribution >= 4 is 29.3 Å². The van der Waals surface area contributed by atoms with Crippen LogP contribution >= 0.6 is 23.4 Å². The van der Waals surface area contributed by atoms with Gasteiger partial charge in [-0.3, -0.25) is 4.79 Å². The second-order valence-electron chi connectivity index (χ2n) is 5.99. The molecule has 7 heteroatoms. The van der Waals surface area contributed by atoms with Crippen molar-refractivity contribution in [1.82, 2.24) is 20.1 Å². The van der Waals surface area contributed by atoms with E-state index in [0.29, 0.717) is 10.8 Å². The van der Waals surface area contributed by atoms with Gasteiger partial charge in [-0.05, 0) is 37.5 Å². The molecule has 1 aromatic carbocycles. The lowest BCUT2D eigenvalue weighted by Gasteiger charge is -2.14. The molecule has 5 nitrogen and oxygen atoms in total. The average molecular weight is 365 g/mol. The first-order valence-electron chi connectivity index (χ1n) is 8.23. The van der Waals surface area contributed by atoms with E-state index in [2.05, 4.69) is 20.1 Å². The van der Waals surface area contributed by atoms with E-state index in [-0.39, 0.29) is 11.9 Å². The maximum atomic E-state index is 12.2. The van der Waals surface area contributed by atoms with Crippen LogP contribution in [0.25, 0.3) is 0 Å². The van der Waals surface area contributed by atoms with Crippen molar-refractivity contribution < 1.29 is 4.79 Å². The summed E-state index contributed by atoms with van der Waals surface area (Å²) >= 11 is 7.35. The number of nitrogens with zero attached hydrogens (tertiary/aromatic N) is 3. The van der Waals surface area contributed by atoms with E-state index in [9.17, 15) is 4.79 Å². The maximum Gasteiger partial charge on any atom is 0.230 e. The minimum absolute atomic E-state index is 0.00609. The maximum absolute atomic E-state index is 12.2. The summed E-state index contributed by atoms with van der Waals surface area (Å²) in [6, 6.07) is 7.47. The lowest BCUT2D eigenvalue weighted by atomic mass is 10.1. The van der Waals surface area contributed by atoms with Gasteiger partial charge in [-0.1, -0.05) is 41.9 Å². The number of hydrogen-bond donors (Lipinski definition) is 1. The highest BCUT2D eigenvalue weighted by atomic mass is 35.5. The molecule has 128 valence electrons. The van der Waals surface area contributed by atoms with E-state index in [1.54, 1.807) is 0 Å². The van der Waals surface area contributed by atoms with Crippen molar-refractivity contribution in [3.63, 3.8) is 0 Å². The fraction of sp³-hybridized carbons (Fsp3) is 0.471. The number of aromatic nitrogens is 3. The minimum Gasteiger partial charge on any atom is -0.349 e. The van der Waals surface area contributed by atoms with Crippen LogP contribution in [0.15, 0.2) is 29.4 Å². The van der Waals surface area contributed by atoms with Crippen LogP contribution in [0.3, 0.4) is 0 Å². The Morgan fingerprint density at radius 3 is 2.88 bits per heavy atom. The Balaban J connectivity index is 1.54.